The Hall–Kier alpha value is -2.61. The Morgan fingerprint density at radius 1 is 1.20 bits per heavy atom. The lowest BCUT2D eigenvalue weighted by molar-refractivity contribution is -0.727. The molecule has 12 nitrogen and oxygen atoms in total. The normalized spacial score (nSPS) is 12.2. The molecular weight excluding hydrogens is 364 g/mol. The highest BCUT2D eigenvalue weighted by Crippen LogP contribution is 2.09. The number of benzene rings is 1. The van der Waals surface area contributed by atoms with Gasteiger partial charge in [0.25, 0.3) is 0 Å². The molecule has 0 heterocycles. The van der Waals surface area contributed by atoms with E-state index in [0.29, 0.717) is 0 Å². The second-order valence-electron chi connectivity index (χ2n) is 4.50. The Morgan fingerprint density at radius 2 is 1.72 bits per heavy atom. The van der Waals surface area contributed by atoms with Crippen LogP contribution < -0.4 is 4.72 Å². The Bertz CT molecular complexity index is 731. The first-order chi connectivity index (χ1) is 11.6. The summed E-state index contributed by atoms with van der Waals surface area (Å²) in [5.74, 6) is -2.58. The minimum absolute atomic E-state index is 0.0967. The average molecular weight is 378 g/mol. The first kappa shape index (κ1) is 20.4. The van der Waals surface area contributed by atoms with Crippen LogP contribution in [-0.4, -0.2) is 48.5 Å². The van der Waals surface area contributed by atoms with Crippen molar-refractivity contribution in [3.63, 3.8) is 0 Å². The van der Waals surface area contributed by atoms with Crippen LogP contribution >= 0.6 is 0 Å². The average Bonchev–Trinajstić information content (AvgIpc) is 2.51. The predicted octanol–water partition coefficient (Wildman–Crippen LogP) is -0.883. The van der Waals surface area contributed by atoms with Gasteiger partial charge in [-0.3, -0.25) is 4.79 Å². The third-order valence-corrected chi connectivity index (χ3v) is 3.55. The molecule has 25 heavy (non-hydrogen) atoms. The number of carbonyl (C=O) groups is 2. The molecule has 1 unspecified atom stereocenters. The van der Waals surface area contributed by atoms with E-state index in [1.54, 1.807) is 4.72 Å². The molecule has 0 aliphatic carbocycles. The van der Waals surface area contributed by atoms with Crippen LogP contribution in [0.25, 0.3) is 0 Å². The van der Waals surface area contributed by atoms with E-state index in [9.17, 15) is 33.2 Å². The van der Waals surface area contributed by atoms with E-state index in [0.717, 1.165) is 24.3 Å². The van der Waals surface area contributed by atoms with E-state index >= 15 is 0 Å². The third-order valence-electron chi connectivity index (χ3n) is 2.62. The van der Waals surface area contributed by atoms with Gasteiger partial charge in [-0.25, -0.2) is 9.63 Å². The van der Waals surface area contributed by atoms with Crippen molar-refractivity contribution in [2.24, 2.45) is 0 Å². The lowest BCUT2D eigenvalue weighted by Crippen LogP contribution is -2.37. The van der Waals surface area contributed by atoms with E-state index < -0.39 is 33.6 Å². The summed E-state index contributed by atoms with van der Waals surface area (Å²) in [6.07, 6.45) is -1.52. The van der Waals surface area contributed by atoms with Crippen molar-refractivity contribution in [3.8, 4) is 0 Å². The quantitative estimate of drug-likeness (QED) is 0.277. The van der Waals surface area contributed by atoms with Crippen molar-refractivity contribution in [2.75, 3.05) is 6.61 Å². The van der Waals surface area contributed by atoms with Gasteiger partial charge in [-0.15, -0.1) is 10.1 Å². The van der Waals surface area contributed by atoms with Crippen LogP contribution in [0.1, 0.15) is 33.6 Å². The lowest BCUT2D eigenvalue weighted by Gasteiger charge is -2.12. The molecular formula is C12H14N2O10S. The second kappa shape index (κ2) is 9.03. The number of hydrogen-bond acceptors (Lipinski definition) is 10. The van der Waals surface area contributed by atoms with Gasteiger partial charge in [0.05, 0.1) is 5.56 Å². The maximum absolute atomic E-state index is 11.7. The van der Waals surface area contributed by atoms with E-state index in [1.807, 2.05) is 0 Å². The van der Waals surface area contributed by atoms with Gasteiger partial charge >= 0.3 is 27.3 Å². The van der Waals surface area contributed by atoms with Crippen molar-refractivity contribution in [1.82, 2.24) is 4.72 Å². The Balaban J connectivity index is 2.70. The van der Waals surface area contributed by atoms with Gasteiger partial charge in [0, 0.05) is 12.2 Å². The number of rotatable bonds is 9. The molecule has 0 aliphatic heterocycles. The summed E-state index contributed by atoms with van der Waals surface area (Å²) in [5, 5.41) is 26.7. The van der Waals surface area contributed by atoms with Crippen LogP contribution in [0.3, 0.4) is 0 Å². The topological polar surface area (TPSA) is 182 Å². The van der Waals surface area contributed by atoms with Crippen LogP contribution in [0.15, 0.2) is 24.3 Å². The zero-order chi connectivity index (χ0) is 19.0. The molecule has 1 rings (SSSR count). The van der Waals surface area contributed by atoms with Crippen LogP contribution in [-0.2, 0) is 19.3 Å². The van der Waals surface area contributed by atoms with Crippen molar-refractivity contribution < 1.29 is 42.3 Å². The first-order valence-corrected chi connectivity index (χ1v) is 8.07. The largest absolute Gasteiger partial charge is 0.396 e. The van der Waals surface area contributed by atoms with E-state index in [2.05, 4.69) is 9.02 Å². The zero-order valence-electron chi connectivity index (χ0n) is 12.5. The summed E-state index contributed by atoms with van der Waals surface area (Å²) in [4.78, 5) is 36.7. The SMILES string of the molecule is O=C(O[N+](=O)[O-])c1ccc(C(=O)OS(=O)(=O)NC(O)CCCO)cc1. The molecule has 0 spiro atoms. The van der Waals surface area contributed by atoms with Gasteiger partial charge < -0.3 is 14.4 Å². The molecule has 0 saturated heterocycles. The van der Waals surface area contributed by atoms with Crippen LogP contribution in [0.4, 0.5) is 0 Å². The van der Waals surface area contributed by atoms with Crippen molar-refractivity contribution >= 4 is 22.2 Å². The zero-order valence-corrected chi connectivity index (χ0v) is 13.3. The molecule has 0 bridgehead atoms. The monoisotopic (exact) mass is 378 g/mol. The van der Waals surface area contributed by atoms with E-state index in [4.69, 9.17) is 5.11 Å². The highest BCUT2D eigenvalue weighted by Gasteiger charge is 2.22. The van der Waals surface area contributed by atoms with Gasteiger partial charge in [-0.05, 0) is 37.1 Å². The highest BCUT2D eigenvalue weighted by atomic mass is 32.2. The molecule has 0 aromatic heterocycles. The number of aliphatic hydroxyl groups is 2. The standard InChI is InChI=1S/C12H14N2O10S/c15-7-1-2-10(16)13-25(21,22)24-12(18)9-5-3-8(4-6-9)11(17)23-14(19)20/h3-6,10,13,15-16H,1-2,7H2. The molecule has 0 saturated carbocycles. The Kier molecular flexibility index (Phi) is 7.38. The van der Waals surface area contributed by atoms with Crippen molar-refractivity contribution in [1.29, 1.82) is 0 Å². The second-order valence-corrected chi connectivity index (χ2v) is 5.81. The molecule has 0 amide bonds. The number of aliphatic hydroxyl groups excluding tert-OH is 2. The fourth-order valence-corrected chi connectivity index (χ4v) is 2.34. The smallest absolute Gasteiger partial charge is 0.387 e. The molecule has 1 atom stereocenters. The fraction of sp³-hybridized carbons (Fsp3) is 0.333. The summed E-state index contributed by atoms with van der Waals surface area (Å²) >= 11 is 0. The van der Waals surface area contributed by atoms with Crippen LogP contribution in [0.5, 0.6) is 0 Å². The minimum Gasteiger partial charge on any atom is -0.396 e. The predicted molar refractivity (Wildman–Crippen MR) is 78.6 cm³/mol. The molecule has 138 valence electrons. The molecule has 3 N–H and O–H groups in total. The first-order valence-electron chi connectivity index (χ1n) is 6.66. The van der Waals surface area contributed by atoms with E-state index in [-0.39, 0.29) is 30.6 Å². The molecule has 0 fully saturated rings. The highest BCUT2D eigenvalue weighted by molar-refractivity contribution is 7.85. The lowest BCUT2D eigenvalue weighted by atomic mass is 10.1. The summed E-state index contributed by atoms with van der Waals surface area (Å²) in [5.41, 5.74) is -0.512. The fourth-order valence-electron chi connectivity index (χ4n) is 1.54. The van der Waals surface area contributed by atoms with Crippen molar-refractivity contribution in [2.45, 2.75) is 19.1 Å². The summed E-state index contributed by atoms with van der Waals surface area (Å²) in [7, 11) is -4.61. The van der Waals surface area contributed by atoms with E-state index in [1.165, 1.54) is 0 Å². The van der Waals surface area contributed by atoms with Crippen LogP contribution in [0, 0.1) is 10.1 Å². The Morgan fingerprint density at radius 3 is 2.20 bits per heavy atom. The molecule has 1 aromatic rings. The summed E-state index contributed by atoms with van der Waals surface area (Å²) in [6, 6.07) is 3.99. The maximum atomic E-state index is 11.7. The maximum Gasteiger partial charge on any atom is 0.387 e. The minimum atomic E-state index is -4.61. The molecule has 0 aliphatic rings. The molecule has 13 heteroatoms. The third kappa shape index (κ3) is 7.21. The Labute approximate surface area is 141 Å². The number of nitrogens with zero attached hydrogens (tertiary/aromatic N) is 1. The van der Waals surface area contributed by atoms with Crippen molar-refractivity contribution in [3.05, 3.63) is 45.5 Å². The van der Waals surface area contributed by atoms with Gasteiger partial charge in [0.15, 0.2) is 0 Å². The summed E-state index contributed by atoms with van der Waals surface area (Å²) in [6.45, 7) is -0.260. The van der Waals surface area contributed by atoms with Gasteiger partial charge in [-0.2, -0.15) is 13.1 Å². The van der Waals surface area contributed by atoms with Gasteiger partial charge in [0.1, 0.15) is 6.23 Å². The van der Waals surface area contributed by atoms with Gasteiger partial charge in [0.2, 0.25) is 0 Å². The molecule has 1 aromatic carbocycles. The molecule has 0 radical (unpaired) electrons. The summed E-state index contributed by atoms with van der Waals surface area (Å²) < 4.78 is 29.0. The number of hydrogen-bond donors (Lipinski definition) is 3. The van der Waals surface area contributed by atoms with Crippen LogP contribution in [0.2, 0.25) is 0 Å². The van der Waals surface area contributed by atoms with Gasteiger partial charge in [-0.1, -0.05) is 0 Å². The number of carbonyl (C=O) groups excluding carboxylic acids is 2. The number of nitrogens with one attached hydrogen (secondary N) is 1.